The Morgan fingerprint density at radius 3 is 2.11 bits per heavy atom. The maximum Gasteiger partial charge on any atom is 0.491 e. The van der Waals surface area contributed by atoms with Crippen molar-refractivity contribution < 1.29 is 51.2 Å². The zero-order chi connectivity index (χ0) is 33.3. The van der Waals surface area contributed by atoms with Crippen molar-refractivity contribution in [1.82, 2.24) is 4.98 Å². The number of hydrogen-bond donors (Lipinski definition) is 0. The summed E-state index contributed by atoms with van der Waals surface area (Å²) in [4.78, 5) is 41.0. The number of hydrogen-bond acceptors (Lipinski definition) is 9. The topological polar surface area (TPSA) is 110 Å². The summed E-state index contributed by atoms with van der Waals surface area (Å²) in [6.45, 7) is 2.98. The van der Waals surface area contributed by atoms with E-state index in [4.69, 9.17) is 18.9 Å². The third-order valence-corrected chi connectivity index (χ3v) is 6.52. The van der Waals surface area contributed by atoms with Gasteiger partial charge in [0.2, 0.25) is 11.5 Å². The molecule has 0 saturated heterocycles. The molecule has 9 nitrogen and oxygen atoms in total. The van der Waals surface area contributed by atoms with Crippen LogP contribution in [0.1, 0.15) is 40.9 Å². The molecule has 3 aromatic carbocycles. The van der Waals surface area contributed by atoms with Crippen LogP contribution in [0.15, 0.2) is 91.1 Å². The highest BCUT2D eigenvalue weighted by atomic mass is 19.4. The number of nitrogens with zero attached hydrogens (tertiary/aromatic N) is 1. The Labute approximate surface area is 262 Å². The first-order valence-corrected chi connectivity index (χ1v) is 14.0. The van der Waals surface area contributed by atoms with E-state index in [-0.39, 0.29) is 28.5 Å². The Kier molecular flexibility index (Phi) is 10.6. The van der Waals surface area contributed by atoms with Gasteiger partial charge in [0.05, 0.1) is 19.3 Å². The summed E-state index contributed by atoms with van der Waals surface area (Å²) >= 11 is 0. The van der Waals surface area contributed by atoms with E-state index in [1.54, 1.807) is 0 Å². The average Bonchev–Trinajstić information content (AvgIpc) is 3.04. The van der Waals surface area contributed by atoms with E-state index in [1.807, 2.05) is 54.6 Å². The van der Waals surface area contributed by atoms with E-state index in [1.165, 1.54) is 43.6 Å². The largest absolute Gasteiger partial charge is 0.497 e. The minimum atomic E-state index is -5.38. The number of benzene rings is 3. The highest BCUT2D eigenvalue weighted by Crippen LogP contribution is 2.31. The van der Waals surface area contributed by atoms with E-state index >= 15 is 0 Å². The molecule has 46 heavy (non-hydrogen) atoms. The lowest BCUT2D eigenvalue weighted by molar-refractivity contribution is -0.206. The van der Waals surface area contributed by atoms with Crippen LogP contribution in [-0.4, -0.2) is 48.2 Å². The van der Waals surface area contributed by atoms with Gasteiger partial charge in [0, 0.05) is 30.3 Å². The van der Waals surface area contributed by atoms with Gasteiger partial charge in [0.1, 0.15) is 23.9 Å². The smallest absolute Gasteiger partial charge is 0.491 e. The van der Waals surface area contributed by atoms with Crippen molar-refractivity contribution in [2.45, 2.75) is 38.7 Å². The Morgan fingerprint density at radius 2 is 1.48 bits per heavy atom. The maximum absolute atomic E-state index is 13.4. The zero-order valence-electron chi connectivity index (χ0n) is 25.1. The molecule has 0 spiro atoms. The van der Waals surface area contributed by atoms with Crippen LogP contribution < -0.4 is 18.9 Å². The molecule has 0 radical (unpaired) electrons. The summed E-state index contributed by atoms with van der Waals surface area (Å²) in [6, 6.07) is 24.6. The van der Waals surface area contributed by atoms with Gasteiger partial charge in [-0.25, -0.2) is 14.6 Å². The van der Waals surface area contributed by atoms with Gasteiger partial charge in [-0.3, -0.25) is 4.79 Å². The van der Waals surface area contributed by atoms with Crippen molar-refractivity contribution in [3.05, 3.63) is 113 Å². The first-order chi connectivity index (χ1) is 21.9. The minimum Gasteiger partial charge on any atom is -0.497 e. The molecule has 4 rings (SSSR count). The number of carbonyl (C=O) groups is 3. The number of alkyl halides is 3. The summed E-state index contributed by atoms with van der Waals surface area (Å²) in [5.74, 6) is -3.79. The fourth-order valence-corrected chi connectivity index (χ4v) is 4.01. The molecule has 0 amide bonds. The summed E-state index contributed by atoms with van der Waals surface area (Å²) in [5.41, 5.74) is 0.107. The lowest BCUT2D eigenvalue weighted by Gasteiger charge is -2.25. The summed E-state index contributed by atoms with van der Waals surface area (Å²) in [5, 5.41) is 0. The molecule has 1 aromatic heterocycles. The Hall–Kier alpha value is -5.39. The molecule has 12 heteroatoms. The molecule has 1 heterocycles. The van der Waals surface area contributed by atoms with Crippen molar-refractivity contribution >= 4 is 17.7 Å². The van der Waals surface area contributed by atoms with Crippen molar-refractivity contribution in [2.24, 2.45) is 0 Å². The lowest BCUT2D eigenvalue weighted by Crippen LogP contribution is -2.43. The summed E-state index contributed by atoms with van der Waals surface area (Å²) in [6.07, 6.45) is -3.48. The Morgan fingerprint density at radius 1 is 0.783 bits per heavy atom. The standard InChI is InChI=1S/C34H30F3NO8/c1-33(2,31(40)45-32(41)34(35,36)37)46-28-19-26(42-3)14-15-27(28)30(39)24-11-16-29(38-20-24)43-18-17-22-9-12-25(13-10-22)44-21-23-7-5-4-6-8-23/h4-16,19-20H,17-18,21H2,1-3H3. The van der Waals surface area contributed by atoms with Crippen LogP contribution in [0.4, 0.5) is 13.2 Å². The van der Waals surface area contributed by atoms with Crippen LogP contribution in [0.3, 0.4) is 0 Å². The van der Waals surface area contributed by atoms with Crippen LogP contribution in [0.25, 0.3) is 0 Å². The number of ketones is 1. The van der Waals surface area contributed by atoms with Gasteiger partial charge < -0.3 is 23.7 Å². The first-order valence-electron chi connectivity index (χ1n) is 14.0. The van der Waals surface area contributed by atoms with Crippen LogP contribution >= 0.6 is 0 Å². The molecule has 0 N–H and O–H groups in total. The number of aromatic nitrogens is 1. The number of methoxy groups -OCH3 is 1. The highest BCUT2D eigenvalue weighted by Gasteiger charge is 2.45. The van der Waals surface area contributed by atoms with Gasteiger partial charge in [0.25, 0.3) is 0 Å². The number of carbonyl (C=O) groups excluding carboxylic acids is 3. The first kappa shape index (κ1) is 33.5. The van der Waals surface area contributed by atoms with Crippen LogP contribution in [0.5, 0.6) is 23.1 Å². The monoisotopic (exact) mass is 637 g/mol. The Bertz CT molecular complexity index is 1660. The second kappa shape index (κ2) is 14.6. The third-order valence-electron chi connectivity index (χ3n) is 6.52. The molecular formula is C34H30F3NO8. The van der Waals surface area contributed by atoms with E-state index < -0.39 is 29.5 Å². The molecule has 0 atom stereocenters. The van der Waals surface area contributed by atoms with Crippen LogP contribution in [0, 0.1) is 0 Å². The zero-order valence-corrected chi connectivity index (χ0v) is 25.1. The SMILES string of the molecule is COc1ccc(C(=O)c2ccc(OCCc3ccc(OCc4ccccc4)cc3)nc2)c(OC(C)(C)C(=O)OC(=O)C(F)(F)F)c1. The van der Waals surface area contributed by atoms with Crippen LogP contribution in [-0.2, 0) is 27.4 Å². The highest BCUT2D eigenvalue weighted by molar-refractivity contribution is 6.10. The number of esters is 2. The number of halogens is 3. The molecule has 0 fully saturated rings. The molecule has 4 aromatic rings. The molecular weight excluding hydrogens is 607 g/mol. The predicted molar refractivity (Wildman–Crippen MR) is 159 cm³/mol. The molecule has 0 aliphatic carbocycles. The lowest BCUT2D eigenvalue weighted by atomic mass is 10.0. The van der Waals surface area contributed by atoms with Crippen molar-refractivity contribution in [3.63, 3.8) is 0 Å². The second-order valence-corrected chi connectivity index (χ2v) is 10.4. The van der Waals surface area contributed by atoms with Crippen molar-refractivity contribution in [2.75, 3.05) is 13.7 Å². The summed E-state index contributed by atoms with van der Waals surface area (Å²) < 4.78 is 64.0. The molecule has 0 aliphatic rings. The van der Waals surface area contributed by atoms with Crippen LogP contribution in [0.2, 0.25) is 0 Å². The van der Waals surface area contributed by atoms with Gasteiger partial charge in [0.15, 0.2) is 5.78 Å². The molecule has 0 unspecified atom stereocenters. The maximum atomic E-state index is 13.4. The normalized spacial score (nSPS) is 11.3. The van der Waals surface area contributed by atoms with Gasteiger partial charge in [-0.2, -0.15) is 13.2 Å². The van der Waals surface area contributed by atoms with Gasteiger partial charge >= 0.3 is 18.1 Å². The molecule has 0 aliphatic heterocycles. The van der Waals surface area contributed by atoms with E-state index in [2.05, 4.69) is 9.72 Å². The quantitative estimate of drug-likeness (QED) is 0.0946. The molecule has 240 valence electrons. The molecule has 0 saturated carbocycles. The van der Waals surface area contributed by atoms with Crippen molar-refractivity contribution in [3.8, 4) is 23.1 Å². The van der Waals surface area contributed by atoms with Gasteiger partial charge in [-0.15, -0.1) is 0 Å². The minimum absolute atomic E-state index is 0.0458. The number of pyridine rings is 1. The van der Waals surface area contributed by atoms with Gasteiger partial charge in [-0.05, 0) is 55.3 Å². The number of rotatable bonds is 13. The fourth-order valence-electron chi connectivity index (χ4n) is 4.01. The average molecular weight is 638 g/mol. The number of ether oxygens (including phenoxy) is 5. The van der Waals surface area contributed by atoms with E-state index in [0.717, 1.165) is 30.7 Å². The van der Waals surface area contributed by atoms with E-state index in [9.17, 15) is 27.6 Å². The third kappa shape index (κ3) is 9.07. The summed E-state index contributed by atoms with van der Waals surface area (Å²) in [7, 11) is 1.35. The van der Waals surface area contributed by atoms with Gasteiger partial charge in [-0.1, -0.05) is 42.5 Å². The Balaban J connectivity index is 1.36. The molecule has 0 bridgehead atoms. The fraction of sp³-hybridized carbons (Fsp3) is 0.235. The van der Waals surface area contributed by atoms with Crippen molar-refractivity contribution in [1.29, 1.82) is 0 Å². The second-order valence-electron chi connectivity index (χ2n) is 10.4. The van der Waals surface area contributed by atoms with E-state index in [0.29, 0.717) is 19.6 Å². The predicted octanol–water partition coefficient (Wildman–Crippen LogP) is 6.31.